The average Bonchev–Trinajstić information content (AvgIpc) is 2.61. The Hall–Kier alpha value is -1.95. The zero-order chi connectivity index (χ0) is 19.9. The first-order valence-corrected chi connectivity index (χ1v) is 9.17. The first kappa shape index (κ1) is 21.4. The number of methoxy groups -OCH3 is 1. The highest BCUT2D eigenvalue weighted by atomic mass is 19.1. The van der Waals surface area contributed by atoms with E-state index in [2.05, 4.69) is 4.90 Å². The summed E-state index contributed by atoms with van der Waals surface area (Å²) in [5.74, 6) is 0.544. The molecule has 2 aromatic carbocycles. The van der Waals surface area contributed by atoms with Gasteiger partial charge >= 0.3 is 0 Å². The van der Waals surface area contributed by atoms with Gasteiger partial charge in [0.15, 0.2) is 0 Å². The van der Waals surface area contributed by atoms with Crippen molar-refractivity contribution in [2.45, 2.75) is 45.6 Å². The Morgan fingerprint density at radius 2 is 1.70 bits per heavy atom. The molecule has 5 heteroatoms. The molecule has 0 spiro atoms. The van der Waals surface area contributed by atoms with E-state index in [1.807, 2.05) is 45.0 Å². The van der Waals surface area contributed by atoms with E-state index in [9.17, 15) is 9.50 Å². The van der Waals surface area contributed by atoms with E-state index in [4.69, 9.17) is 9.47 Å². The molecule has 0 aromatic heterocycles. The molecule has 0 saturated carbocycles. The number of halogens is 1. The summed E-state index contributed by atoms with van der Waals surface area (Å²) in [5.41, 5.74) is 1.78. The lowest BCUT2D eigenvalue weighted by atomic mass is 10.1. The minimum atomic E-state index is -0.615. The quantitative estimate of drug-likeness (QED) is 0.719. The predicted molar refractivity (Wildman–Crippen MR) is 105 cm³/mol. The van der Waals surface area contributed by atoms with E-state index < -0.39 is 6.10 Å². The van der Waals surface area contributed by atoms with E-state index in [1.54, 1.807) is 19.2 Å². The van der Waals surface area contributed by atoms with Gasteiger partial charge in [-0.15, -0.1) is 0 Å². The second kappa shape index (κ2) is 9.83. The molecule has 2 rings (SSSR count). The Morgan fingerprint density at radius 1 is 1.04 bits per heavy atom. The molecule has 0 heterocycles. The SMILES string of the molecule is COc1cccc(CN(Cc2ccc(F)cc2)C[C@@H](O)COC(C)(C)C)c1. The van der Waals surface area contributed by atoms with E-state index in [0.29, 0.717) is 19.6 Å². The zero-order valence-corrected chi connectivity index (χ0v) is 16.6. The van der Waals surface area contributed by atoms with Gasteiger partial charge in [-0.1, -0.05) is 24.3 Å². The Balaban J connectivity index is 2.07. The van der Waals surface area contributed by atoms with Crippen molar-refractivity contribution in [3.8, 4) is 5.75 Å². The van der Waals surface area contributed by atoms with Crippen LogP contribution in [0.2, 0.25) is 0 Å². The summed E-state index contributed by atoms with van der Waals surface area (Å²) in [4.78, 5) is 2.12. The third kappa shape index (κ3) is 8.08. The number of benzene rings is 2. The van der Waals surface area contributed by atoms with Crippen LogP contribution in [0.1, 0.15) is 31.9 Å². The summed E-state index contributed by atoms with van der Waals surface area (Å²) in [6.07, 6.45) is -0.615. The van der Waals surface area contributed by atoms with Crippen molar-refractivity contribution in [3.63, 3.8) is 0 Å². The van der Waals surface area contributed by atoms with Gasteiger partial charge in [-0.05, 0) is 56.2 Å². The molecule has 0 aliphatic carbocycles. The number of hydrogen-bond acceptors (Lipinski definition) is 4. The van der Waals surface area contributed by atoms with E-state index in [-0.39, 0.29) is 18.0 Å². The highest BCUT2D eigenvalue weighted by Crippen LogP contribution is 2.17. The molecule has 0 aliphatic heterocycles. The summed E-state index contributed by atoms with van der Waals surface area (Å²) in [5, 5.41) is 10.4. The molecule has 0 aliphatic rings. The second-order valence-corrected chi connectivity index (χ2v) is 7.72. The van der Waals surface area contributed by atoms with Crippen molar-refractivity contribution in [2.24, 2.45) is 0 Å². The first-order chi connectivity index (χ1) is 12.7. The van der Waals surface area contributed by atoms with E-state index in [1.165, 1.54) is 12.1 Å². The van der Waals surface area contributed by atoms with Crippen molar-refractivity contribution in [1.82, 2.24) is 4.90 Å². The van der Waals surface area contributed by atoms with Crippen LogP contribution in [0.4, 0.5) is 4.39 Å². The molecule has 0 amide bonds. The lowest BCUT2D eigenvalue weighted by Crippen LogP contribution is -2.36. The Morgan fingerprint density at radius 3 is 2.33 bits per heavy atom. The maximum absolute atomic E-state index is 13.2. The third-order valence-corrected chi connectivity index (χ3v) is 4.04. The summed E-state index contributed by atoms with van der Waals surface area (Å²) in [6, 6.07) is 14.3. The van der Waals surface area contributed by atoms with Crippen LogP contribution in [0.3, 0.4) is 0 Å². The van der Waals surface area contributed by atoms with Crippen molar-refractivity contribution in [1.29, 1.82) is 0 Å². The predicted octanol–water partition coefficient (Wildman–Crippen LogP) is 4.01. The third-order valence-electron chi connectivity index (χ3n) is 4.04. The summed E-state index contributed by atoms with van der Waals surface area (Å²) >= 11 is 0. The molecule has 1 N–H and O–H groups in total. The normalized spacial score (nSPS) is 13.0. The fourth-order valence-corrected chi connectivity index (χ4v) is 2.76. The van der Waals surface area contributed by atoms with E-state index >= 15 is 0 Å². The standard InChI is InChI=1S/C22H30FNO3/c1-22(2,3)27-16-20(25)15-24(13-17-8-10-19(23)11-9-17)14-18-6-5-7-21(12-18)26-4/h5-12,20,25H,13-16H2,1-4H3/t20-/m1/s1. The maximum atomic E-state index is 13.2. The molecule has 1 atom stereocenters. The van der Waals surface area contributed by atoms with Crippen LogP contribution in [0.15, 0.2) is 48.5 Å². The minimum Gasteiger partial charge on any atom is -0.497 e. The highest BCUT2D eigenvalue weighted by molar-refractivity contribution is 5.28. The van der Waals surface area contributed by atoms with Crippen molar-refractivity contribution in [2.75, 3.05) is 20.3 Å². The molecule has 0 fully saturated rings. The molecular formula is C22H30FNO3. The molecule has 4 nitrogen and oxygen atoms in total. The Bertz CT molecular complexity index is 697. The van der Waals surface area contributed by atoms with E-state index in [0.717, 1.165) is 16.9 Å². The van der Waals surface area contributed by atoms with Crippen molar-refractivity contribution < 1.29 is 19.0 Å². The molecule has 0 unspecified atom stereocenters. The Labute approximate surface area is 161 Å². The molecule has 0 saturated heterocycles. The van der Waals surface area contributed by atoms with Crippen molar-refractivity contribution >= 4 is 0 Å². The topological polar surface area (TPSA) is 41.9 Å². The number of rotatable bonds is 9. The largest absolute Gasteiger partial charge is 0.497 e. The summed E-state index contributed by atoms with van der Waals surface area (Å²) in [7, 11) is 1.64. The van der Waals surface area contributed by atoms with Gasteiger partial charge in [0.2, 0.25) is 0 Å². The van der Waals surface area contributed by atoms with Gasteiger partial charge < -0.3 is 14.6 Å². The lowest BCUT2D eigenvalue weighted by molar-refractivity contribution is -0.0572. The average molecular weight is 375 g/mol. The number of aliphatic hydroxyl groups is 1. The summed E-state index contributed by atoms with van der Waals surface area (Å²) in [6.45, 7) is 7.85. The minimum absolute atomic E-state index is 0.253. The van der Waals surface area contributed by atoms with Crippen LogP contribution in [-0.4, -0.2) is 42.0 Å². The number of nitrogens with zero attached hydrogens (tertiary/aromatic N) is 1. The van der Waals surface area contributed by atoms with Gasteiger partial charge in [0.1, 0.15) is 11.6 Å². The van der Waals surface area contributed by atoms with Crippen LogP contribution in [0.25, 0.3) is 0 Å². The molecule has 27 heavy (non-hydrogen) atoms. The second-order valence-electron chi connectivity index (χ2n) is 7.72. The van der Waals surface area contributed by atoms with Gasteiger partial charge in [0.05, 0.1) is 25.4 Å². The number of ether oxygens (including phenoxy) is 2. The van der Waals surface area contributed by atoms with Gasteiger partial charge in [-0.2, -0.15) is 0 Å². The molecule has 0 bridgehead atoms. The van der Waals surface area contributed by atoms with Crippen LogP contribution < -0.4 is 4.74 Å². The first-order valence-electron chi connectivity index (χ1n) is 9.17. The fourth-order valence-electron chi connectivity index (χ4n) is 2.76. The smallest absolute Gasteiger partial charge is 0.123 e. The number of aliphatic hydroxyl groups excluding tert-OH is 1. The molecule has 0 radical (unpaired) electrons. The monoisotopic (exact) mass is 375 g/mol. The molecular weight excluding hydrogens is 345 g/mol. The zero-order valence-electron chi connectivity index (χ0n) is 16.6. The molecule has 148 valence electrons. The van der Waals surface area contributed by atoms with Gasteiger partial charge in [0.25, 0.3) is 0 Å². The van der Waals surface area contributed by atoms with Crippen molar-refractivity contribution in [3.05, 3.63) is 65.5 Å². The van der Waals surface area contributed by atoms with Crippen LogP contribution >= 0.6 is 0 Å². The fraction of sp³-hybridized carbons (Fsp3) is 0.455. The van der Waals surface area contributed by atoms with Gasteiger partial charge in [-0.3, -0.25) is 4.90 Å². The highest BCUT2D eigenvalue weighted by Gasteiger charge is 2.17. The van der Waals surface area contributed by atoms with Crippen LogP contribution in [0, 0.1) is 5.82 Å². The van der Waals surface area contributed by atoms with Crippen LogP contribution in [0.5, 0.6) is 5.75 Å². The number of hydrogen-bond donors (Lipinski definition) is 1. The molecule has 2 aromatic rings. The van der Waals surface area contributed by atoms with Crippen LogP contribution in [-0.2, 0) is 17.8 Å². The van der Waals surface area contributed by atoms with Gasteiger partial charge in [0, 0.05) is 19.6 Å². The lowest BCUT2D eigenvalue weighted by Gasteiger charge is -2.27. The maximum Gasteiger partial charge on any atom is 0.123 e. The Kier molecular flexibility index (Phi) is 7.78. The van der Waals surface area contributed by atoms with Gasteiger partial charge in [-0.25, -0.2) is 4.39 Å². The summed E-state index contributed by atoms with van der Waals surface area (Å²) < 4.78 is 24.2.